The smallest absolute Gasteiger partial charge is 0.0509 e. The molecule has 0 aromatic rings. The molecule has 1 rings (SSSR count). The van der Waals surface area contributed by atoms with Crippen molar-refractivity contribution in [1.29, 1.82) is 0 Å². The second-order valence-electron chi connectivity index (χ2n) is 6.26. The van der Waals surface area contributed by atoms with Crippen LogP contribution < -0.4 is 0 Å². The molecule has 0 aromatic carbocycles. The molecule has 0 N–H and O–H groups in total. The lowest BCUT2D eigenvalue weighted by atomic mass is 10.1. The van der Waals surface area contributed by atoms with Gasteiger partial charge in [-0.3, -0.25) is 14.7 Å². The summed E-state index contributed by atoms with van der Waals surface area (Å²) in [6.45, 7) is 17.3. The average Bonchev–Trinajstić information content (AvgIpc) is 2.17. The van der Waals surface area contributed by atoms with Crippen LogP contribution in [0.2, 0.25) is 0 Å². The minimum absolute atomic E-state index is 0.273. The second kappa shape index (κ2) is 5.48. The van der Waals surface area contributed by atoms with Gasteiger partial charge in [-0.25, -0.2) is 0 Å². The molecule has 0 bridgehead atoms. The van der Waals surface area contributed by atoms with Gasteiger partial charge in [0.05, 0.1) is 6.67 Å². The molecule has 1 aliphatic heterocycles. The third-order valence-corrected chi connectivity index (χ3v) is 3.69. The Balaban J connectivity index is 2.32. The summed E-state index contributed by atoms with van der Waals surface area (Å²) in [7, 11) is 2.22. The van der Waals surface area contributed by atoms with Crippen molar-refractivity contribution in [2.45, 2.75) is 46.2 Å². The van der Waals surface area contributed by atoms with Crippen molar-refractivity contribution >= 4 is 0 Å². The Morgan fingerprint density at radius 3 is 1.94 bits per heavy atom. The number of piperazine rings is 1. The van der Waals surface area contributed by atoms with Crippen LogP contribution in [-0.4, -0.2) is 66.2 Å². The van der Waals surface area contributed by atoms with Crippen LogP contribution in [0.4, 0.5) is 0 Å². The zero-order valence-electron chi connectivity index (χ0n) is 12.0. The first-order valence-electron chi connectivity index (χ1n) is 6.48. The average molecular weight is 227 g/mol. The summed E-state index contributed by atoms with van der Waals surface area (Å²) >= 11 is 0. The van der Waals surface area contributed by atoms with E-state index in [4.69, 9.17) is 0 Å². The molecule has 3 nitrogen and oxygen atoms in total. The van der Waals surface area contributed by atoms with E-state index in [9.17, 15) is 0 Å². The van der Waals surface area contributed by atoms with Crippen molar-refractivity contribution in [3.8, 4) is 0 Å². The monoisotopic (exact) mass is 227 g/mol. The topological polar surface area (TPSA) is 9.72 Å². The summed E-state index contributed by atoms with van der Waals surface area (Å²) in [6.07, 6.45) is 0. The zero-order chi connectivity index (χ0) is 12.3. The Labute approximate surface area is 101 Å². The van der Waals surface area contributed by atoms with Crippen LogP contribution in [0, 0.1) is 0 Å². The maximum absolute atomic E-state index is 2.56. The van der Waals surface area contributed by atoms with Crippen molar-refractivity contribution < 1.29 is 0 Å². The van der Waals surface area contributed by atoms with Crippen LogP contribution in [0.3, 0.4) is 0 Å². The van der Waals surface area contributed by atoms with Crippen molar-refractivity contribution in [1.82, 2.24) is 14.7 Å². The first-order valence-corrected chi connectivity index (χ1v) is 6.48. The highest BCUT2D eigenvalue weighted by Crippen LogP contribution is 2.12. The van der Waals surface area contributed by atoms with E-state index < -0.39 is 0 Å². The summed E-state index contributed by atoms with van der Waals surface area (Å²) in [5.74, 6) is 0. The van der Waals surface area contributed by atoms with E-state index in [0.29, 0.717) is 6.04 Å². The maximum atomic E-state index is 2.56. The normalized spacial score (nSPS) is 21.0. The molecule has 1 heterocycles. The third kappa shape index (κ3) is 4.04. The predicted molar refractivity (Wildman–Crippen MR) is 70.7 cm³/mol. The summed E-state index contributed by atoms with van der Waals surface area (Å²) in [4.78, 5) is 7.55. The van der Waals surface area contributed by atoms with Crippen molar-refractivity contribution in [3.05, 3.63) is 0 Å². The van der Waals surface area contributed by atoms with E-state index in [-0.39, 0.29) is 5.54 Å². The van der Waals surface area contributed by atoms with Crippen molar-refractivity contribution in [3.63, 3.8) is 0 Å². The lowest BCUT2D eigenvalue weighted by molar-refractivity contribution is 0.0380. The number of rotatable bonds is 3. The molecule has 0 atom stereocenters. The van der Waals surface area contributed by atoms with Gasteiger partial charge in [-0.15, -0.1) is 0 Å². The number of hydrogen-bond donors (Lipinski definition) is 0. The van der Waals surface area contributed by atoms with Gasteiger partial charge >= 0.3 is 0 Å². The Morgan fingerprint density at radius 1 is 1.06 bits per heavy atom. The van der Waals surface area contributed by atoms with Crippen molar-refractivity contribution in [2.24, 2.45) is 0 Å². The Bertz CT molecular complexity index is 200. The van der Waals surface area contributed by atoms with Gasteiger partial charge in [0, 0.05) is 37.8 Å². The molecule has 3 heteroatoms. The van der Waals surface area contributed by atoms with Gasteiger partial charge in [-0.2, -0.15) is 0 Å². The fourth-order valence-corrected chi connectivity index (χ4v) is 1.93. The molecule has 0 aliphatic carbocycles. The molecule has 1 saturated heterocycles. The summed E-state index contributed by atoms with van der Waals surface area (Å²) in [5.41, 5.74) is 0.273. The molecule has 0 unspecified atom stereocenters. The highest BCUT2D eigenvalue weighted by Gasteiger charge is 2.23. The molecular weight excluding hydrogens is 198 g/mol. The van der Waals surface area contributed by atoms with Crippen LogP contribution >= 0.6 is 0 Å². The quantitative estimate of drug-likeness (QED) is 0.726. The predicted octanol–water partition coefficient (Wildman–Crippen LogP) is 1.70. The van der Waals surface area contributed by atoms with E-state index in [2.05, 4.69) is 56.4 Å². The molecule has 1 aliphatic rings. The van der Waals surface area contributed by atoms with Gasteiger partial charge in [0.15, 0.2) is 0 Å². The fourth-order valence-electron chi connectivity index (χ4n) is 1.93. The molecule has 16 heavy (non-hydrogen) atoms. The van der Waals surface area contributed by atoms with E-state index in [1.165, 1.54) is 26.2 Å². The van der Waals surface area contributed by atoms with E-state index in [1.807, 2.05) is 0 Å². The number of hydrogen-bond acceptors (Lipinski definition) is 3. The first-order chi connectivity index (χ1) is 7.30. The van der Waals surface area contributed by atoms with Crippen LogP contribution in [0.15, 0.2) is 0 Å². The van der Waals surface area contributed by atoms with Gasteiger partial charge in [0.1, 0.15) is 0 Å². The van der Waals surface area contributed by atoms with E-state index >= 15 is 0 Å². The molecular formula is C13H29N3. The van der Waals surface area contributed by atoms with E-state index in [1.54, 1.807) is 0 Å². The van der Waals surface area contributed by atoms with Gasteiger partial charge in [-0.05, 0) is 41.7 Å². The lowest BCUT2D eigenvalue weighted by Crippen LogP contribution is -2.53. The SMILES string of the molecule is CC(C)N1CCN(CN(C)C(C)(C)C)CC1. The molecule has 0 amide bonds. The Hall–Kier alpha value is -0.120. The standard InChI is InChI=1S/C13H29N3/c1-12(2)16-9-7-15(8-10-16)11-14(6)13(3,4)5/h12H,7-11H2,1-6H3. The van der Waals surface area contributed by atoms with E-state index in [0.717, 1.165) is 6.67 Å². The third-order valence-electron chi connectivity index (χ3n) is 3.69. The second-order valence-corrected chi connectivity index (χ2v) is 6.26. The number of nitrogens with zero attached hydrogens (tertiary/aromatic N) is 3. The Morgan fingerprint density at radius 2 is 1.56 bits per heavy atom. The molecule has 96 valence electrons. The summed E-state index contributed by atoms with van der Waals surface area (Å²) < 4.78 is 0. The highest BCUT2D eigenvalue weighted by molar-refractivity contribution is 4.77. The van der Waals surface area contributed by atoms with Crippen molar-refractivity contribution in [2.75, 3.05) is 39.9 Å². The Kier molecular flexibility index (Phi) is 4.77. The fraction of sp³-hybridized carbons (Fsp3) is 1.00. The molecule has 0 spiro atoms. The molecule has 0 radical (unpaired) electrons. The van der Waals surface area contributed by atoms with Crippen LogP contribution in [0.25, 0.3) is 0 Å². The lowest BCUT2D eigenvalue weighted by Gasteiger charge is -2.41. The maximum Gasteiger partial charge on any atom is 0.0509 e. The van der Waals surface area contributed by atoms with Gasteiger partial charge in [0.25, 0.3) is 0 Å². The minimum atomic E-state index is 0.273. The zero-order valence-corrected chi connectivity index (χ0v) is 12.0. The summed E-state index contributed by atoms with van der Waals surface area (Å²) in [6, 6.07) is 0.697. The van der Waals surface area contributed by atoms with Crippen LogP contribution in [-0.2, 0) is 0 Å². The minimum Gasteiger partial charge on any atom is -0.298 e. The summed E-state index contributed by atoms with van der Waals surface area (Å²) in [5, 5.41) is 0. The largest absolute Gasteiger partial charge is 0.298 e. The highest BCUT2D eigenvalue weighted by atomic mass is 15.4. The van der Waals surface area contributed by atoms with Crippen LogP contribution in [0.5, 0.6) is 0 Å². The van der Waals surface area contributed by atoms with Gasteiger partial charge in [-0.1, -0.05) is 0 Å². The van der Waals surface area contributed by atoms with Gasteiger partial charge < -0.3 is 0 Å². The molecule has 1 fully saturated rings. The van der Waals surface area contributed by atoms with Crippen LogP contribution in [0.1, 0.15) is 34.6 Å². The molecule has 0 saturated carbocycles. The van der Waals surface area contributed by atoms with Gasteiger partial charge in [0.2, 0.25) is 0 Å². The first kappa shape index (κ1) is 13.9. The molecule has 0 aromatic heterocycles.